The fourth-order valence-electron chi connectivity index (χ4n) is 9.23. The Hall–Kier alpha value is -3.41. The highest BCUT2D eigenvalue weighted by molar-refractivity contribution is 5.71. The van der Waals surface area contributed by atoms with E-state index in [1.54, 1.807) is 0 Å². The monoisotopic (exact) mass is 1060 g/mol. The molecule has 6 nitrogen and oxygen atoms in total. The molecule has 1 unspecified atom stereocenters. The highest BCUT2D eigenvalue weighted by atomic mass is 16.6. The molecule has 6 heteroatoms. The minimum absolute atomic E-state index is 0.0840. The molecule has 0 radical (unpaired) electrons. The second-order valence-corrected chi connectivity index (χ2v) is 21.6. The summed E-state index contributed by atoms with van der Waals surface area (Å²) in [5, 5.41) is 0. The molecule has 0 aliphatic carbocycles. The number of ether oxygens (including phenoxy) is 3. The van der Waals surface area contributed by atoms with Gasteiger partial charge in [0, 0.05) is 19.3 Å². The molecule has 438 valence electrons. The summed E-state index contributed by atoms with van der Waals surface area (Å²) in [5.41, 5.74) is 0. The summed E-state index contributed by atoms with van der Waals surface area (Å²) in [7, 11) is 0. The second-order valence-electron chi connectivity index (χ2n) is 21.6. The van der Waals surface area contributed by atoms with Gasteiger partial charge in [0.1, 0.15) is 13.2 Å². The van der Waals surface area contributed by atoms with E-state index in [0.29, 0.717) is 19.3 Å². The summed E-state index contributed by atoms with van der Waals surface area (Å²) in [6.07, 6.45) is 84.8. The number of esters is 3. The Morgan fingerprint density at radius 1 is 0.276 bits per heavy atom. The highest BCUT2D eigenvalue weighted by Gasteiger charge is 2.19. The van der Waals surface area contributed by atoms with Crippen molar-refractivity contribution in [2.45, 2.75) is 329 Å². The third-order valence-corrected chi connectivity index (χ3v) is 14.1. The van der Waals surface area contributed by atoms with Crippen LogP contribution >= 0.6 is 0 Å². The van der Waals surface area contributed by atoms with Gasteiger partial charge in [0.05, 0.1) is 0 Å². The summed E-state index contributed by atoms with van der Waals surface area (Å²) in [4.78, 5) is 38.1. The summed E-state index contributed by atoms with van der Waals surface area (Å²) in [6, 6.07) is 0. The van der Waals surface area contributed by atoms with Crippen molar-refractivity contribution in [3.05, 3.63) is 85.1 Å². The number of carbonyl (C=O) groups excluding carboxylic acids is 3. The van der Waals surface area contributed by atoms with E-state index in [2.05, 4.69) is 106 Å². The summed E-state index contributed by atoms with van der Waals surface area (Å²) < 4.78 is 16.8. The SMILES string of the molecule is CC/C=C\C/C=C\C/C=C\CCCCCCCC(=O)OC(COC(=O)CCCCCCC/C=C\CCC)COC(=O)CCCCCCCCCCCCCCCCCCCC/C=C\C/C=C\C/C=C\CCCCCCC. The van der Waals surface area contributed by atoms with Crippen LogP contribution in [-0.2, 0) is 28.6 Å². The number of unbranched alkanes of at least 4 members (excludes halogenated alkanes) is 34. The normalized spacial score (nSPS) is 12.6. The first-order valence-electron chi connectivity index (χ1n) is 32.6. The zero-order valence-electron chi connectivity index (χ0n) is 50.3. The number of rotatable bonds is 59. The zero-order chi connectivity index (χ0) is 55.0. The van der Waals surface area contributed by atoms with E-state index in [-0.39, 0.29) is 31.1 Å². The van der Waals surface area contributed by atoms with Crippen molar-refractivity contribution in [2.24, 2.45) is 0 Å². The van der Waals surface area contributed by atoms with Crippen LogP contribution in [0, 0.1) is 0 Å². The van der Waals surface area contributed by atoms with Gasteiger partial charge >= 0.3 is 17.9 Å². The van der Waals surface area contributed by atoms with E-state index in [1.165, 1.54) is 161 Å². The van der Waals surface area contributed by atoms with Crippen LogP contribution in [0.5, 0.6) is 0 Å². The molecular formula is C70H122O6. The average Bonchev–Trinajstić information content (AvgIpc) is 3.42. The van der Waals surface area contributed by atoms with Gasteiger partial charge in [0.2, 0.25) is 0 Å². The Kier molecular flexibility index (Phi) is 61.2. The van der Waals surface area contributed by atoms with Crippen molar-refractivity contribution in [2.75, 3.05) is 13.2 Å². The van der Waals surface area contributed by atoms with Crippen molar-refractivity contribution >= 4 is 17.9 Å². The lowest BCUT2D eigenvalue weighted by molar-refractivity contribution is -0.167. The molecule has 0 spiro atoms. The Morgan fingerprint density at radius 2 is 0.539 bits per heavy atom. The van der Waals surface area contributed by atoms with E-state index in [4.69, 9.17) is 14.2 Å². The van der Waals surface area contributed by atoms with Gasteiger partial charge in [0.25, 0.3) is 0 Å². The van der Waals surface area contributed by atoms with Crippen molar-refractivity contribution in [3.8, 4) is 0 Å². The molecule has 0 N–H and O–H groups in total. The minimum Gasteiger partial charge on any atom is -0.462 e. The third-order valence-electron chi connectivity index (χ3n) is 14.1. The zero-order valence-corrected chi connectivity index (χ0v) is 50.3. The Balaban J connectivity index is 4.09. The first-order chi connectivity index (χ1) is 37.5. The largest absolute Gasteiger partial charge is 0.462 e. The predicted octanol–water partition coefficient (Wildman–Crippen LogP) is 22.3. The third kappa shape index (κ3) is 61.4. The van der Waals surface area contributed by atoms with Crippen molar-refractivity contribution in [1.29, 1.82) is 0 Å². The van der Waals surface area contributed by atoms with Gasteiger partial charge in [-0.3, -0.25) is 14.4 Å². The minimum atomic E-state index is -0.787. The van der Waals surface area contributed by atoms with Gasteiger partial charge in [-0.2, -0.15) is 0 Å². The maximum absolute atomic E-state index is 12.8. The molecule has 0 heterocycles. The van der Waals surface area contributed by atoms with Gasteiger partial charge < -0.3 is 14.2 Å². The number of hydrogen-bond donors (Lipinski definition) is 0. The van der Waals surface area contributed by atoms with Crippen LogP contribution in [-0.4, -0.2) is 37.2 Å². The predicted molar refractivity (Wildman–Crippen MR) is 330 cm³/mol. The van der Waals surface area contributed by atoms with Crippen molar-refractivity contribution in [1.82, 2.24) is 0 Å². The summed E-state index contributed by atoms with van der Waals surface area (Å²) >= 11 is 0. The van der Waals surface area contributed by atoms with E-state index in [1.807, 2.05) is 0 Å². The summed E-state index contributed by atoms with van der Waals surface area (Å²) in [6.45, 7) is 6.46. The molecular weight excluding hydrogens is 937 g/mol. The molecule has 0 rings (SSSR count). The van der Waals surface area contributed by atoms with Crippen molar-refractivity contribution < 1.29 is 28.6 Å². The number of carbonyl (C=O) groups is 3. The molecule has 0 aliphatic rings. The molecule has 0 aromatic heterocycles. The van der Waals surface area contributed by atoms with Crippen molar-refractivity contribution in [3.63, 3.8) is 0 Å². The van der Waals surface area contributed by atoms with Crippen LogP contribution in [0.1, 0.15) is 323 Å². The molecule has 0 aromatic rings. The van der Waals surface area contributed by atoms with E-state index < -0.39 is 6.10 Å². The first-order valence-corrected chi connectivity index (χ1v) is 32.6. The van der Waals surface area contributed by atoms with E-state index in [0.717, 1.165) is 122 Å². The molecule has 1 atom stereocenters. The van der Waals surface area contributed by atoms with Gasteiger partial charge in [-0.15, -0.1) is 0 Å². The Bertz CT molecular complexity index is 1450. The molecule has 0 saturated heterocycles. The lowest BCUT2D eigenvalue weighted by atomic mass is 10.0. The average molecular weight is 1060 g/mol. The standard InChI is InChI=1S/C70H122O6/c1-4-7-10-13-16-19-22-24-26-27-28-29-30-31-32-33-34-35-36-37-38-39-40-41-42-43-45-46-48-51-54-57-60-63-69(72)75-66-67(65-74-68(71)62-59-56-53-50-21-18-15-12-9-6-3)76-70(73)64-61-58-55-52-49-47-44-25-23-20-17-14-11-8-5-2/h8,11-12,15,17,20,22,24-25,27-28,30-31,44,67H,4-7,9-10,13-14,16,18-19,21,23,26,29,32-43,45-66H2,1-3H3/b11-8-,15-12-,20-17-,24-22-,28-27-,31-30-,44-25-. The fourth-order valence-corrected chi connectivity index (χ4v) is 9.23. The molecule has 76 heavy (non-hydrogen) atoms. The van der Waals surface area contributed by atoms with Gasteiger partial charge in [-0.1, -0.05) is 279 Å². The van der Waals surface area contributed by atoms with Gasteiger partial charge in [-0.05, 0) is 109 Å². The lowest BCUT2D eigenvalue weighted by Crippen LogP contribution is -2.30. The van der Waals surface area contributed by atoms with Crippen LogP contribution in [0.3, 0.4) is 0 Å². The van der Waals surface area contributed by atoms with E-state index in [9.17, 15) is 14.4 Å². The molecule has 0 fully saturated rings. The van der Waals surface area contributed by atoms with Gasteiger partial charge in [-0.25, -0.2) is 0 Å². The molecule has 0 amide bonds. The van der Waals surface area contributed by atoms with Crippen LogP contribution in [0.15, 0.2) is 85.1 Å². The molecule has 0 bridgehead atoms. The smallest absolute Gasteiger partial charge is 0.306 e. The topological polar surface area (TPSA) is 78.9 Å². The highest BCUT2D eigenvalue weighted by Crippen LogP contribution is 2.17. The number of hydrogen-bond acceptors (Lipinski definition) is 6. The Labute approximate surface area is 471 Å². The van der Waals surface area contributed by atoms with Crippen LogP contribution < -0.4 is 0 Å². The maximum Gasteiger partial charge on any atom is 0.306 e. The Morgan fingerprint density at radius 3 is 0.868 bits per heavy atom. The van der Waals surface area contributed by atoms with Crippen LogP contribution in [0.25, 0.3) is 0 Å². The molecule has 0 aromatic carbocycles. The van der Waals surface area contributed by atoms with Crippen LogP contribution in [0.4, 0.5) is 0 Å². The quantitative estimate of drug-likeness (QED) is 0.0261. The molecule has 0 saturated carbocycles. The van der Waals surface area contributed by atoms with Crippen LogP contribution in [0.2, 0.25) is 0 Å². The number of allylic oxidation sites excluding steroid dienone is 14. The lowest BCUT2D eigenvalue weighted by Gasteiger charge is -2.18. The molecule has 0 aliphatic heterocycles. The van der Waals surface area contributed by atoms with E-state index >= 15 is 0 Å². The fraction of sp³-hybridized carbons (Fsp3) is 0.757. The second kappa shape index (κ2) is 64.1. The first kappa shape index (κ1) is 72.6. The van der Waals surface area contributed by atoms with Gasteiger partial charge in [0.15, 0.2) is 6.10 Å². The maximum atomic E-state index is 12.8. The summed E-state index contributed by atoms with van der Waals surface area (Å²) in [5.74, 6) is -0.903.